The van der Waals surface area contributed by atoms with Crippen LogP contribution in [0.4, 0.5) is 0 Å². The summed E-state index contributed by atoms with van der Waals surface area (Å²) in [5, 5.41) is 2.28. The van der Waals surface area contributed by atoms with Crippen molar-refractivity contribution in [2.75, 3.05) is 25.4 Å². The number of aryl methyl sites for hydroxylation is 2. The first-order chi connectivity index (χ1) is 20.3. The van der Waals surface area contributed by atoms with Crippen LogP contribution in [0, 0.1) is 6.92 Å². The van der Waals surface area contributed by atoms with Crippen molar-refractivity contribution in [3.63, 3.8) is 0 Å². The van der Waals surface area contributed by atoms with Crippen LogP contribution in [0.2, 0.25) is 19.6 Å². The van der Waals surface area contributed by atoms with Crippen LogP contribution >= 0.6 is 0 Å². The highest BCUT2D eigenvalue weighted by atomic mass is 32.2. The molecule has 0 radical (unpaired) electrons. The van der Waals surface area contributed by atoms with E-state index in [1.54, 1.807) is 0 Å². The van der Waals surface area contributed by atoms with Crippen LogP contribution in [0.3, 0.4) is 0 Å². The molecule has 1 aliphatic rings. The lowest BCUT2D eigenvalue weighted by atomic mass is 10.0. The molecule has 3 aromatic carbocycles. The highest BCUT2D eigenvalue weighted by molar-refractivity contribution is 7.86. The third-order valence-electron chi connectivity index (χ3n) is 9.18. The molecule has 4 aromatic rings. The molecule has 1 heterocycles. The van der Waals surface area contributed by atoms with E-state index in [4.69, 9.17) is 4.28 Å². The Morgan fingerprint density at radius 1 is 0.930 bits per heavy atom. The predicted molar refractivity (Wildman–Crippen MR) is 180 cm³/mol. The SMILES string of the molecule is CC[N+](CC)(CC)OS(=O)(=O)CCCn1c2ccc(C=C3C(=O)c4ccccc4C3[Si](C)(C)C)cc2c2c(C)cccc21. The number of hydrogen-bond acceptors (Lipinski definition) is 4. The van der Waals surface area contributed by atoms with Crippen molar-refractivity contribution < 1.29 is 22.1 Å². The van der Waals surface area contributed by atoms with Crippen LogP contribution in [0.5, 0.6) is 0 Å². The van der Waals surface area contributed by atoms with Gasteiger partial charge in [-0.3, -0.25) is 4.79 Å². The number of aromatic nitrogens is 1. The topological polar surface area (TPSA) is 65.4 Å². The van der Waals surface area contributed by atoms with E-state index in [2.05, 4.69) is 79.7 Å². The second-order valence-corrected chi connectivity index (χ2v) is 19.9. The number of Topliss-reactive ketones (excluding diaryl/α,β-unsaturated/α-hetero) is 1. The molecule has 0 amide bonds. The zero-order valence-corrected chi connectivity index (χ0v) is 28.4. The molecule has 5 rings (SSSR count). The molecule has 6 nitrogen and oxygen atoms in total. The highest BCUT2D eigenvalue weighted by Gasteiger charge is 2.42. The molecule has 8 heteroatoms. The van der Waals surface area contributed by atoms with Gasteiger partial charge in [0, 0.05) is 45.0 Å². The van der Waals surface area contributed by atoms with E-state index >= 15 is 0 Å². The average Bonchev–Trinajstić information content (AvgIpc) is 3.44. The van der Waals surface area contributed by atoms with Gasteiger partial charge in [-0.05, 0) is 75.1 Å². The molecule has 0 bridgehead atoms. The molecule has 0 aliphatic heterocycles. The standard InChI is InChI=1S/C35H45N2O4SSi/c1-8-37(9-2,10-3)41-42(39,40)22-14-21-36-31-20-19-26(23-29(31)33-25(4)15-13-18-32(33)36)24-30-34(38)27-16-11-12-17-28(27)35(30)43(5,6)7/h11-13,15-20,23-24,35H,8-10,14,21-22H2,1-7H3/q+1. The molecule has 0 spiro atoms. The fourth-order valence-electron chi connectivity index (χ4n) is 6.85. The summed E-state index contributed by atoms with van der Waals surface area (Å²) in [5.41, 5.74) is 7.38. The van der Waals surface area contributed by atoms with Crippen LogP contribution < -0.4 is 0 Å². The Hall–Kier alpha value is -3.04. The van der Waals surface area contributed by atoms with E-state index in [0.29, 0.717) is 32.6 Å². The zero-order valence-electron chi connectivity index (χ0n) is 26.6. The van der Waals surface area contributed by atoms with Gasteiger partial charge in [0.05, 0.1) is 13.8 Å². The first-order valence-corrected chi connectivity index (χ1v) is 20.7. The molecular weight excluding hydrogens is 573 g/mol. The molecule has 228 valence electrons. The quantitative estimate of drug-likeness (QED) is 0.0744. The molecule has 1 unspecified atom stereocenters. The monoisotopic (exact) mass is 617 g/mol. The number of quaternary nitrogens is 1. The Morgan fingerprint density at radius 2 is 1.63 bits per heavy atom. The van der Waals surface area contributed by atoms with Gasteiger partial charge in [-0.2, -0.15) is 13.1 Å². The summed E-state index contributed by atoms with van der Waals surface area (Å²) in [7, 11) is -5.43. The molecule has 1 atom stereocenters. The smallest absolute Gasteiger partial charge is 0.314 e. The normalized spacial score (nSPS) is 17.0. The number of carbonyl (C=O) groups excluding carboxylic acids is 1. The van der Waals surface area contributed by atoms with Crippen molar-refractivity contribution in [3.05, 3.63) is 88.5 Å². The predicted octanol–water partition coefficient (Wildman–Crippen LogP) is 7.87. The Morgan fingerprint density at radius 3 is 2.30 bits per heavy atom. The van der Waals surface area contributed by atoms with E-state index < -0.39 is 18.2 Å². The summed E-state index contributed by atoms with van der Waals surface area (Å²) in [5.74, 6) is 0.104. The van der Waals surface area contributed by atoms with Crippen molar-refractivity contribution in [2.45, 2.75) is 65.8 Å². The van der Waals surface area contributed by atoms with Gasteiger partial charge in [-0.15, -0.1) is 0 Å². The fourth-order valence-corrected chi connectivity index (χ4v) is 10.5. The van der Waals surface area contributed by atoms with Gasteiger partial charge in [-0.25, -0.2) is 0 Å². The summed E-state index contributed by atoms with van der Waals surface area (Å²) in [6, 6.07) is 20.8. The number of allylic oxidation sites excluding steroid dienone is 1. The Labute approximate surface area is 257 Å². The van der Waals surface area contributed by atoms with Crippen LogP contribution in [0.15, 0.2) is 66.2 Å². The summed E-state index contributed by atoms with van der Waals surface area (Å²) in [4.78, 5) is 13.6. The number of rotatable bonds is 11. The van der Waals surface area contributed by atoms with Gasteiger partial charge in [0.2, 0.25) is 0 Å². The Kier molecular flexibility index (Phi) is 8.61. The van der Waals surface area contributed by atoms with Crippen LogP contribution in [-0.4, -0.2) is 56.9 Å². The number of carbonyl (C=O) groups is 1. The van der Waals surface area contributed by atoms with Crippen molar-refractivity contribution in [3.8, 4) is 0 Å². The second kappa shape index (κ2) is 11.8. The third kappa shape index (κ3) is 5.90. The summed E-state index contributed by atoms with van der Waals surface area (Å²) in [6.07, 6.45) is 2.55. The van der Waals surface area contributed by atoms with Gasteiger partial charge >= 0.3 is 10.1 Å². The molecule has 0 N–H and O–H groups in total. The highest BCUT2D eigenvalue weighted by Crippen LogP contribution is 2.44. The Bertz CT molecular complexity index is 1820. The van der Waals surface area contributed by atoms with E-state index in [9.17, 15) is 13.2 Å². The minimum Gasteiger partial charge on any atom is -0.340 e. The van der Waals surface area contributed by atoms with Crippen molar-refractivity contribution >= 4 is 51.9 Å². The van der Waals surface area contributed by atoms with Crippen molar-refractivity contribution in [1.29, 1.82) is 0 Å². The maximum atomic E-state index is 13.6. The zero-order chi connectivity index (χ0) is 31.2. The summed E-state index contributed by atoms with van der Waals surface area (Å²) < 4.78 is 34.0. The van der Waals surface area contributed by atoms with Crippen LogP contribution in [0.1, 0.15) is 59.8 Å². The van der Waals surface area contributed by atoms with Gasteiger partial charge in [0.15, 0.2) is 5.78 Å². The number of fused-ring (bicyclic) bond motifs is 4. The third-order valence-corrected chi connectivity index (χ3v) is 12.9. The van der Waals surface area contributed by atoms with Gasteiger partial charge in [0.25, 0.3) is 0 Å². The first kappa shape index (κ1) is 31.4. The average molecular weight is 618 g/mol. The van der Waals surface area contributed by atoms with Crippen molar-refractivity contribution in [1.82, 2.24) is 4.57 Å². The lowest BCUT2D eigenvalue weighted by molar-refractivity contribution is -1.08. The second-order valence-electron chi connectivity index (χ2n) is 12.9. The van der Waals surface area contributed by atoms with E-state index in [1.807, 2.05) is 39.0 Å². The lowest BCUT2D eigenvalue weighted by Gasteiger charge is -2.30. The minimum absolute atomic E-state index is 0.0368. The molecular formula is C35H45N2O4SSi+. The number of ketones is 1. The number of benzene rings is 3. The molecule has 0 saturated heterocycles. The molecule has 0 fully saturated rings. The molecule has 43 heavy (non-hydrogen) atoms. The van der Waals surface area contributed by atoms with Crippen molar-refractivity contribution in [2.24, 2.45) is 0 Å². The Balaban J connectivity index is 1.51. The first-order valence-electron chi connectivity index (χ1n) is 15.5. The molecule has 1 aliphatic carbocycles. The van der Waals surface area contributed by atoms with Gasteiger partial charge in [0.1, 0.15) is 19.6 Å². The van der Waals surface area contributed by atoms with Gasteiger partial charge in [-0.1, -0.05) is 66.4 Å². The van der Waals surface area contributed by atoms with Gasteiger partial charge < -0.3 is 4.57 Å². The minimum atomic E-state index is -3.69. The van der Waals surface area contributed by atoms with E-state index in [1.165, 1.54) is 16.5 Å². The van der Waals surface area contributed by atoms with Crippen LogP contribution in [0.25, 0.3) is 27.9 Å². The molecule has 1 aromatic heterocycles. The fraction of sp³-hybridized carbons (Fsp3) is 0.400. The number of hydroxylamine groups is 3. The van der Waals surface area contributed by atoms with Crippen LogP contribution in [-0.2, 0) is 20.9 Å². The maximum Gasteiger partial charge on any atom is 0.314 e. The largest absolute Gasteiger partial charge is 0.340 e. The van der Waals surface area contributed by atoms with E-state index in [0.717, 1.165) is 33.1 Å². The lowest BCUT2D eigenvalue weighted by Crippen LogP contribution is -2.49. The number of hydrogen-bond donors (Lipinski definition) is 0. The number of nitrogens with zero attached hydrogens (tertiary/aromatic N) is 2. The van der Waals surface area contributed by atoms with E-state index in [-0.39, 0.29) is 21.7 Å². The summed E-state index contributed by atoms with van der Waals surface area (Å²) >= 11 is 0. The maximum absolute atomic E-state index is 13.6. The summed E-state index contributed by atoms with van der Waals surface area (Å²) in [6.45, 7) is 17.4. The molecule has 0 saturated carbocycles.